The molecule has 0 aromatic heterocycles. The highest BCUT2D eigenvalue weighted by molar-refractivity contribution is 6.33. The average Bonchev–Trinajstić information content (AvgIpc) is 0.811. The minimum atomic E-state index is -3.67. The predicted molar refractivity (Wildman–Crippen MR) is 21.6 cm³/mol. The molecule has 0 atom stereocenters. The first-order valence-electron chi connectivity index (χ1n) is 0.655. The second kappa shape index (κ2) is 30.6. The van der Waals surface area contributed by atoms with Gasteiger partial charge in [-0.15, -0.1) is 0 Å². The van der Waals surface area contributed by atoms with Gasteiger partial charge >= 0.3 is 7.54 Å². The molecule has 1 nitrogen and oxygen atoms in total. The van der Waals surface area contributed by atoms with Crippen LogP contribution in [0.5, 0.6) is 0 Å². The molecule has 0 aliphatic rings. The van der Waals surface area contributed by atoms with Crippen LogP contribution in [0.4, 0.5) is 27.1 Å². The Labute approximate surface area is 42.2 Å². The quantitative estimate of drug-likeness (QED) is 0.406. The van der Waals surface area contributed by atoms with Crippen molar-refractivity contribution < 1.29 is 27.1 Å². The van der Waals surface area contributed by atoms with Crippen molar-refractivity contribution in [2.45, 2.75) is 0 Å². The standard InChI is InChI=1S/BF3.3FH.H3N/c2-1(3)4;;;;/h;3*1H;1H3. The van der Waals surface area contributed by atoms with E-state index >= 15 is 0 Å². The first kappa shape index (κ1) is 48.9. The molecule has 0 aromatic carbocycles. The van der Waals surface area contributed by atoms with Crippen LogP contribution in [0.25, 0.3) is 0 Å². The fourth-order valence-corrected chi connectivity index (χ4v) is 0. The van der Waals surface area contributed by atoms with E-state index < -0.39 is 7.54 Å². The fraction of sp³-hybridized carbons (Fsp3) is 0. The van der Waals surface area contributed by atoms with E-state index in [2.05, 4.69) is 0 Å². The first-order valence-corrected chi connectivity index (χ1v) is 0.655. The smallest absolute Gasteiger partial charge is 0.344 e. The summed E-state index contributed by atoms with van der Waals surface area (Å²) in [5.74, 6) is 0. The maximum absolute atomic E-state index is 9.67. The van der Waals surface area contributed by atoms with Gasteiger partial charge in [-0.2, -0.15) is 0 Å². The Morgan fingerprint density at radius 2 is 0.750 bits per heavy atom. The van der Waals surface area contributed by atoms with Crippen molar-refractivity contribution in [1.29, 1.82) is 0 Å². The van der Waals surface area contributed by atoms with Crippen LogP contribution < -0.4 is 6.15 Å². The van der Waals surface area contributed by atoms with Crippen LogP contribution in [0.1, 0.15) is 0 Å². The van der Waals surface area contributed by atoms with Crippen LogP contribution in [0, 0.1) is 0 Å². The molecule has 56 valence electrons. The molecule has 0 heterocycles. The molecule has 0 aromatic rings. The van der Waals surface area contributed by atoms with Gasteiger partial charge in [0.2, 0.25) is 0 Å². The van der Waals surface area contributed by atoms with E-state index in [1.807, 2.05) is 0 Å². The largest absolute Gasteiger partial charge is 0.762 e. The molecular formula is H6BF6N. The average molecular weight is 145 g/mol. The summed E-state index contributed by atoms with van der Waals surface area (Å²) in [7, 11) is -3.67. The molecule has 0 radical (unpaired) electrons. The lowest BCUT2D eigenvalue weighted by Gasteiger charge is -1.55. The number of hydrogen-bond donors (Lipinski definition) is 1. The summed E-state index contributed by atoms with van der Waals surface area (Å²) < 4.78 is 29.0. The molecule has 0 aliphatic carbocycles. The van der Waals surface area contributed by atoms with Crippen LogP contribution in [0.2, 0.25) is 0 Å². The van der Waals surface area contributed by atoms with Crippen molar-refractivity contribution in [2.24, 2.45) is 0 Å². The summed E-state index contributed by atoms with van der Waals surface area (Å²) >= 11 is 0. The zero-order valence-electron chi connectivity index (χ0n) is 3.64. The Morgan fingerprint density at radius 3 is 0.750 bits per heavy atom. The van der Waals surface area contributed by atoms with Gasteiger partial charge in [-0.1, -0.05) is 0 Å². The fourth-order valence-electron chi connectivity index (χ4n) is 0. The van der Waals surface area contributed by atoms with Crippen LogP contribution in [0.3, 0.4) is 0 Å². The van der Waals surface area contributed by atoms with Crippen LogP contribution in [-0.4, -0.2) is 7.54 Å². The third-order valence-corrected chi connectivity index (χ3v) is 0. The molecule has 0 amide bonds. The van der Waals surface area contributed by atoms with Crippen LogP contribution >= 0.6 is 0 Å². The summed E-state index contributed by atoms with van der Waals surface area (Å²) in [5.41, 5.74) is 0. The van der Waals surface area contributed by atoms with Crippen molar-refractivity contribution in [3.05, 3.63) is 0 Å². The van der Waals surface area contributed by atoms with Gasteiger partial charge in [-0.25, -0.2) is 0 Å². The molecule has 0 bridgehead atoms. The minimum absolute atomic E-state index is 0. The highest BCUT2D eigenvalue weighted by Gasteiger charge is 2.06. The van der Waals surface area contributed by atoms with E-state index in [0.29, 0.717) is 0 Å². The molecule has 3 N–H and O–H groups in total. The molecule has 8 heavy (non-hydrogen) atoms. The Morgan fingerprint density at radius 1 is 0.750 bits per heavy atom. The van der Waals surface area contributed by atoms with Crippen molar-refractivity contribution in [3.8, 4) is 0 Å². The Bertz CT molecular complexity index is 13.2. The molecule has 0 aliphatic heterocycles. The molecule has 0 spiro atoms. The third-order valence-electron chi connectivity index (χ3n) is 0. The van der Waals surface area contributed by atoms with Gasteiger partial charge in [0, 0.05) is 0 Å². The van der Waals surface area contributed by atoms with Gasteiger partial charge < -0.3 is 6.15 Å². The van der Waals surface area contributed by atoms with Crippen LogP contribution in [0.15, 0.2) is 0 Å². The molecular weight excluding hydrogens is 139 g/mol. The molecule has 8 heteroatoms. The van der Waals surface area contributed by atoms with E-state index in [9.17, 15) is 12.9 Å². The van der Waals surface area contributed by atoms with E-state index in [1.165, 1.54) is 0 Å². The van der Waals surface area contributed by atoms with Gasteiger partial charge in [0.1, 0.15) is 0 Å². The highest BCUT2D eigenvalue weighted by Crippen LogP contribution is 1.80. The monoisotopic (exact) mass is 145 g/mol. The maximum atomic E-state index is 9.67. The minimum Gasteiger partial charge on any atom is -0.344 e. The molecule has 0 fully saturated rings. The van der Waals surface area contributed by atoms with Gasteiger partial charge in [-0.05, 0) is 0 Å². The van der Waals surface area contributed by atoms with E-state index in [4.69, 9.17) is 0 Å². The van der Waals surface area contributed by atoms with E-state index in [1.54, 1.807) is 0 Å². The third kappa shape index (κ3) is 762. The Balaban J connectivity index is -0.00000000750. The van der Waals surface area contributed by atoms with Crippen molar-refractivity contribution in [1.82, 2.24) is 6.15 Å². The van der Waals surface area contributed by atoms with Gasteiger partial charge in [0.25, 0.3) is 0 Å². The Hall–Kier alpha value is -0.395. The summed E-state index contributed by atoms with van der Waals surface area (Å²) in [5, 5.41) is 0. The summed E-state index contributed by atoms with van der Waals surface area (Å²) in [6.45, 7) is 0. The second-order valence-corrected chi connectivity index (χ2v) is 0.247. The second-order valence-electron chi connectivity index (χ2n) is 0.247. The van der Waals surface area contributed by atoms with Crippen LogP contribution in [-0.2, 0) is 0 Å². The lowest BCUT2D eigenvalue weighted by molar-refractivity contribution is 0.535. The van der Waals surface area contributed by atoms with Crippen molar-refractivity contribution in [2.75, 3.05) is 0 Å². The highest BCUT2D eigenvalue weighted by atomic mass is 19.4. The lowest BCUT2D eigenvalue weighted by atomic mass is 10.5. The summed E-state index contributed by atoms with van der Waals surface area (Å²) in [6.07, 6.45) is 0. The molecule has 0 saturated heterocycles. The van der Waals surface area contributed by atoms with Gasteiger partial charge in [-0.3, -0.25) is 27.1 Å². The zero-order valence-corrected chi connectivity index (χ0v) is 3.64. The van der Waals surface area contributed by atoms with E-state index in [-0.39, 0.29) is 20.3 Å². The van der Waals surface area contributed by atoms with Gasteiger partial charge in [0.05, 0.1) is 0 Å². The molecule has 0 rings (SSSR count). The van der Waals surface area contributed by atoms with Crippen molar-refractivity contribution >= 4 is 7.54 Å². The SMILES string of the molecule is F.F.F.FB(F)F.N. The Kier molecular flexibility index (Phi) is 187. The lowest BCUT2D eigenvalue weighted by Crippen LogP contribution is -1.76. The molecule has 0 saturated carbocycles. The zero-order chi connectivity index (χ0) is 3.58. The number of hydrogen-bond acceptors (Lipinski definition) is 1. The molecule has 0 unspecified atom stereocenters. The van der Waals surface area contributed by atoms with Crippen molar-refractivity contribution in [3.63, 3.8) is 0 Å². The van der Waals surface area contributed by atoms with E-state index in [0.717, 1.165) is 0 Å². The van der Waals surface area contributed by atoms with Gasteiger partial charge in [0.15, 0.2) is 0 Å². The first-order chi connectivity index (χ1) is 1.73. The topological polar surface area (TPSA) is 35.0 Å². The number of halogens is 6. The summed E-state index contributed by atoms with van der Waals surface area (Å²) in [4.78, 5) is 0. The summed E-state index contributed by atoms with van der Waals surface area (Å²) in [6, 6.07) is 0. The maximum Gasteiger partial charge on any atom is 0.762 e. The normalized spacial score (nSPS) is 3.38. The predicted octanol–water partition coefficient (Wildman–Crippen LogP) is 1.50. The number of rotatable bonds is 0.